The average Bonchev–Trinajstić information content (AvgIpc) is 1.97. The molecule has 0 saturated heterocycles. The van der Waals surface area contributed by atoms with Crippen LogP contribution in [-0.4, -0.2) is 12.9 Å². The van der Waals surface area contributed by atoms with Gasteiger partial charge in [0.25, 0.3) is 0 Å². The molecule has 0 N–H and O–H groups in total. The molecule has 0 aliphatic carbocycles. The van der Waals surface area contributed by atoms with Crippen LogP contribution in [0.3, 0.4) is 0 Å². The molecule has 0 aliphatic heterocycles. The summed E-state index contributed by atoms with van der Waals surface area (Å²) in [6, 6.07) is 0. The van der Waals surface area contributed by atoms with Gasteiger partial charge in [-0.25, -0.2) is 0 Å². The van der Waals surface area contributed by atoms with Crippen molar-refractivity contribution in [2.75, 3.05) is 6.61 Å². The minimum atomic E-state index is -0.609. The normalized spacial score (nSPS) is 8.90. The summed E-state index contributed by atoms with van der Waals surface area (Å²) in [5, 5.41) is 1.27. The van der Waals surface area contributed by atoms with E-state index in [-0.39, 0.29) is 0 Å². The third kappa shape index (κ3) is 8.25. The molecule has 0 aromatic rings. The molecule has 0 radical (unpaired) electrons. The topological polar surface area (TPSA) is 26.3 Å². The van der Waals surface area contributed by atoms with E-state index in [9.17, 15) is 4.79 Å². The molecule has 0 aromatic heterocycles. The minimum absolute atomic E-state index is 0.609. The van der Waals surface area contributed by atoms with Crippen LogP contribution < -0.4 is 0 Å². The van der Waals surface area contributed by atoms with Gasteiger partial charge in [-0.3, -0.25) is 0 Å². The first-order valence-electron chi connectivity index (χ1n) is 3.93. The first-order valence-corrected chi connectivity index (χ1v) is 7.24. The third-order valence-electron chi connectivity index (χ3n) is 1.31. The van der Waals surface area contributed by atoms with E-state index in [2.05, 4.69) is 0 Å². The van der Waals surface area contributed by atoms with Crippen LogP contribution in [0.15, 0.2) is 0 Å². The fraction of sp³-hybridized carbons (Fsp3) is 0.857. The van der Waals surface area contributed by atoms with Crippen molar-refractivity contribution in [2.45, 2.75) is 31.2 Å². The molecule has 0 fully saturated rings. The average molecular weight is 196 g/mol. The van der Waals surface area contributed by atoms with Gasteiger partial charge in [0.05, 0.1) is 0 Å². The number of hydrogen-bond donors (Lipinski definition) is 0. The van der Waals surface area contributed by atoms with Crippen molar-refractivity contribution in [3.05, 3.63) is 0 Å². The van der Waals surface area contributed by atoms with E-state index in [1.165, 1.54) is 11.4 Å². The Morgan fingerprint density at radius 3 is 2.90 bits per heavy atom. The van der Waals surface area contributed by atoms with Crippen LogP contribution in [0.2, 0.25) is 5.02 Å². The summed E-state index contributed by atoms with van der Waals surface area (Å²) in [5.41, 5.74) is 0. The second-order valence-electron chi connectivity index (χ2n) is 2.21. The second-order valence-corrected chi connectivity index (χ2v) is 5.41. The number of carbonyl (C=O) groups is 1. The zero-order valence-electron chi connectivity index (χ0n) is 6.64. The standard InChI is InChI=1S/C5H9O.C2H5O.Zn/c1-2-3-4-5-6;1-2-3;/h5H,1-4H2;2H2,1H3;/q;-1;+1. The summed E-state index contributed by atoms with van der Waals surface area (Å²) in [6.07, 6.45) is 3.97. The predicted molar refractivity (Wildman–Crippen MR) is 36.3 cm³/mol. The summed E-state index contributed by atoms with van der Waals surface area (Å²) in [5.74, 6) is 0. The van der Waals surface area contributed by atoms with Gasteiger partial charge in [0, 0.05) is 0 Å². The van der Waals surface area contributed by atoms with Crippen LogP contribution in [0.4, 0.5) is 0 Å². The number of carbonyl (C=O) groups excluding carboxylic acids is 1. The van der Waals surface area contributed by atoms with Crippen molar-refractivity contribution < 1.29 is 25.8 Å². The molecule has 0 bridgehead atoms. The van der Waals surface area contributed by atoms with Gasteiger partial charge in [0.1, 0.15) is 0 Å². The Kier molecular flexibility index (Phi) is 9.49. The molecule has 0 amide bonds. The summed E-state index contributed by atoms with van der Waals surface area (Å²) >= 11 is -0.609. The fourth-order valence-electron chi connectivity index (χ4n) is 0.753. The first-order chi connectivity index (χ1) is 4.91. The maximum atomic E-state index is 9.88. The van der Waals surface area contributed by atoms with Crippen LogP contribution in [-0.2, 0) is 25.8 Å². The van der Waals surface area contributed by atoms with E-state index < -0.39 is 17.5 Å². The molecule has 0 spiro atoms. The maximum absolute atomic E-state index is 9.88. The monoisotopic (exact) mass is 194 g/mol. The SMILES string of the molecule is CC[O][Zn][CH2]CCCC=O. The quantitative estimate of drug-likeness (QED) is 0.352. The molecule has 0 atom stereocenters. The Bertz CT molecular complexity index is 76.0. The molecule has 0 saturated carbocycles. The van der Waals surface area contributed by atoms with Gasteiger partial charge in [-0.1, -0.05) is 0 Å². The van der Waals surface area contributed by atoms with Gasteiger partial charge < -0.3 is 0 Å². The van der Waals surface area contributed by atoms with E-state index >= 15 is 0 Å². The Labute approximate surface area is 70.3 Å². The molecular weight excluding hydrogens is 181 g/mol. The predicted octanol–water partition coefficient (Wildman–Crippen LogP) is 1.81. The fourth-order valence-corrected chi connectivity index (χ4v) is 2.96. The first kappa shape index (κ1) is 10.3. The van der Waals surface area contributed by atoms with E-state index in [1.807, 2.05) is 6.92 Å². The number of rotatable bonds is 7. The molecule has 10 heavy (non-hydrogen) atoms. The molecule has 0 heterocycles. The van der Waals surface area contributed by atoms with Crippen LogP contribution in [0.5, 0.6) is 0 Å². The van der Waals surface area contributed by atoms with E-state index in [4.69, 9.17) is 3.56 Å². The van der Waals surface area contributed by atoms with Gasteiger partial charge in [-0.15, -0.1) is 0 Å². The van der Waals surface area contributed by atoms with Crippen LogP contribution in [0, 0.1) is 0 Å². The molecule has 0 unspecified atom stereocenters. The van der Waals surface area contributed by atoms with Crippen molar-refractivity contribution >= 4 is 6.29 Å². The Balaban J connectivity index is 2.70. The molecule has 0 rings (SSSR count). The summed E-state index contributed by atoms with van der Waals surface area (Å²) in [4.78, 5) is 9.88. The Morgan fingerprint density at radius 1 is 1.50 bits per heavy atom. The molecule has 3 heteroatoms. The van der Waals surface area contributed by atoms with E-state index in [0.717, 1.165) is 25.7 Å². The number of hydrogen-bond acceptors (Lipinski definition) is 2. The summed E-state index contributed by atoms with van der Waals surface area (Å²) in [6.45, 7) is 2.92. The van der Waals surface area contributed by atoms with Crippen LogP contribution in [0.25, 0.3) is 0 Å². The number of unbranched alkanes of at least 4 members (excludes halogenated alkanes) is 2. The van der Waals surface area contributed by atoms with Crippen molar-refractivity contribution in [1.82, 2.24) is 0 Å². The Morgan fingerprint density at radius 2 is 2.30 bits per heavy atom. The molecule has 56 valence electrons. The third-order valence-corrected chi connectivity index (χ3v) is 4.43. The van der Waals surface area contributed by atoms with Crippen molar-refractivity contribution in [2.24, 2.45) is 0 Å². The zero-order chi connectivity index (χ0) is 7.66. The van der Waals surface area contributed by atoms with Gasteiger partial charge >= 0.3 is 69.9 Å². The van der Waals surface area contributed by atoms with Crippen molar-refractivity contribution in [3.8, 4) is 0 Å². The van der Waals surface area contributed by atoms with Crippen LogP contribution in [0.1, 0.15) is 26.2 Å². The van der Waals surface area contributed by atoms with Gasteiger partial charge in [0.2, 0.25) is 0 Å². The van der Waals surface area contributed by atoms with E-state index in [0.29, 0.717) is 0 Å². The second kappa shape index (κ2) is 9.25. The number of aldehydes is 1. The van der Waals surface area contributed by atoms with Gasteiger partial charge in [-0.2, -0.15) is 0 Å². The zero-order valence-corrected chi connectivity index (χ0v) is 9.60. The Hall–Kier alpha value is 0.253. The molecule has 2 nitrogen and oxygen atoms in total. The molecule has 0 aliphatic rings. The summed E-state index contributed by atoms with van der Waals surface area (Å²) < 4.78 is 5.31. The van der Waals surface area contributed by atoms with Crippen molar-refractivity contribution in [3.63, 3.8) is 0 Å². The summed E-state index contributed by atoms with van der Waals surface area (Å²) in [7, 11) is 0. The van der Waals surface area contributed by atoms with Gasteiger partial charge in [0.15, 0.2) is 0 Å². The van der Waals surface area contributed by atoms with Gasteiger partial charge in [-0.05, 0) is 0 Å². The van der Waals surface area contributed by atoms with Crippen molar-refractivity contribution in [1.29, 1.82) is 0 Å². The van der Waals surface area contributed by atoms with E-state index in [1.54, 1.807) is 0 Å². The van der Waals surface area contributed by atoms with Crippen LogP contribution >= 0.6 is 0 Å². The molecule has 0 aromatic carbocycles. The molecular formula is C7H14O2Zn.